The van der Waals surface area contributed by atoms with E-state index < -0.39 is 0 Å². The van der Waals surface area contributed by atoms with Crippen molar-refractivity contribution in [3.63, 3.8) is 0 Å². The smallest absolute Gasteiger partial charge is 0.228 e. The number of hydrogen-bond acceptors (Lipinski definition) is 3. The highest BCUT2D eigenvalue weighted by molar-refractivity contribution is 5.94. The highest BCUT2D eigenvalue weighted by Gasteiger charge is 2.21. The molecule has 2 N–H and O–H groups in total. The minimum Gasteiger partial charge on any atom is -0.491 e. The van der Waals surface area contributed by atoms with Crippen molar-refractivity contribution in [2.45, 2.75) is 26.2 Å². The van der Waals surface area contributed by atoms with E-state index in [1.807, 2.05) is 6.92 Å². The third kappa shape index (κ3) is 5.17. The van der Waals surface area contributed by atoms with Crippen LogP contribution in [0, 0.1) is 11.7 Å². The molecule has 1 saturated heterocycles. The minimum atomic E-state index is -0.367. The molecular formula is C15H22ClFN2O2. The van der Waals surface area contributed by atoms with Crippen molar-refractivity contribution in [3.05, 3.63) is 24.0 Å². The summed E-state index contributed by atoms with van der Waals surface area (Å²) in [6.07, 6.45) is 2.71. The predicted molar refractivity (Wildman–Crippen MR) is 83.7 cm³/mol. The Balaban J connectivity index is 0.00000220. The lowest BCUT2D eigenvalue weighted by Gasteiger charge is -2.22. The number of rotatable bonds is 5. The summed E-state index contributed by atoms with van der Waals surface area (Å²) in [4.78, 5) is 12.2. The molecule has 0 aromatic heterocycles. The highest BCUT2D eigenvalue weighted by Crippen LogP contribution is 2.26. The molecule has 1 unspecified atom stereocenters. The molecule has 0 saturated carbocycles. The first kappa shape index (κ1) is 17.7. The van der Waals surface area contributed by atoms with Gasteiger partial charge in [0.1, 0.15) is 11.6 Å². The van der Waals surface area contributed by atoms with Crippen molar-refractivity contribution in [3.8, 4) is 5.75 Å². The van der Waals surface area contributed by atoms with Crippen LogP contribution in [0.5, 0.6) is 5.75 Å². The Morgan fingerprint density at radius 3 is 3.00 bits per heavy atom. The second kappa shape index (κ2) is 8.85. The summed E-state index contributed by atoms with van der Waals surface area (Å²) >= 11 is 0. The molecule has 118 valence electrons. The number of carbonyl (C=O) groups excluding carboxylic acids is 1. The van der Waals surface area contributed by atoms with Gasteiger partial charge in [-0.3, -0.25) is 4.79 Å². The van der Waals surface area contributed by atoms with Crippen LogP contribution < -0.4 is 15.4 Å². The van der Waals surface area contributed by atoms with Gasteiger partial charge in [-0.05, 0) is 37.9 Å². The maximum atomic E-state index is 13.3. The first-order chi connectivity index (χ1) is 9.70. The largest absolute Gasteiger partial charge is 0.491 e. The zero-order valence-corrected chi connectivity index (χ0v) is 13.0. The number of carbonyl (C=O) groups is 1. The van der Waals surface area contributed by atoms with Gasteiger partial charge >= 0.3 is 0 Å². The van der Waals surface area contributed by atoms with E-state index in [4.69, 9.17) is 4.74 Å². The molecular weight excluding hydrogens is 295 g/mol. The van der Waals surface area contributed by atoms with Gasteiger partial charge in [-0.25, -0.2) is 4.39 Å². The van der Waals surface area contributed by atoms with Gasteiger partial charge in [-0.1, -0.05) is 6.92 Å². The van der Waals surface area contributed by atoms with Crippen LogP contribution in [0.2, 0.25) is 0 Å². The Morgan fingerprint density at radius 2 is 2.33 bits per heavy atom. The molecule has 6 heteroatoms. The number of amides is 1. The summed E-state index contributed by atoms with van der Waals surface area (Å²) in [6, 6.07) is 4.19. The Hall–Kier alpha value is -1.33. The van der Waals surface area contributed by atoms with Crippen LogP contribution in [-0.2, 0) is 4.79 Å². The Bertz CT molecular complexity index is 465. The van der Waals surface area contributed by atoms with Crippen molar-refractivity contribution in [2.24, 2.45) is 5.92 Å². The molecule has 2 rings (SSSR count). The average molecular weight is 317 g/mol. The molecule has 1 aromatic rings. The molecule has 1 aliphatic rings. The summed E-state index contributed by atoms with van der Waals surface area (Å²) in [5, 5.41) is 6.05. The quantitative estimate of drug-likeness (QED) is 0.878. The van der Waals surface area contributed by atoms with Gasteiger partial charge < -0.3 is 15.4 Å². The molecule has 0 radical (unpaired) electrons. The number of hydrogen-bond donors (Lipinski definition) is 2. The van der Waals surface area contributed by atoms with Crippen molar-refractivity contribution in [2.75, 3.05) is 25.0 Å². The van der Waals surface area contributed by atoms with Crippen LogP contribution in [0.4, 0.5) is 10.1 Å². The molecule has 1 amide bonds. The maximum absolute atomic E-state index is 13.3. The Labute approximate surface area is 130 Å². The number of piperidine rings is 1. The second-order valence-electron chi connectivity index (χ2n) is 5.02. The maximum Gasteiger partial charge on any atom is 0.228 e. The van der Waals surface area contributed by atoms with E-state index in [-0.39, 0.29) is 30.0 Å². The first-order valence-electron chi connectivity index (χ1n) is 7.14. The van der Waals surface area contributed by atoms with Crippen molar-refractivity contribution in [1.29, 1.82) is 0 Å². The number of ether oxygens (including phenoxy) is 1. The topological polar surface area (TPSA) is 50.4 Å². The number of halogens is 2. The summed E-state index contributed by atoms with van der Waals surface area (Å²) in [6.45, 7) is 4.13. The fourth-order valence-corrected chi connectivity index (χ4v) is 2.24. The van der Waals surface area contributed by atoms with Crippen LogP contribution in [0.15, 0.2) is 18.2 Å². The number of nitrogens with one attached hydrogen (secondary N) is 2. The molecule has 1 aliphatic heterocycles. The lowest BCUT2D eigenvalue weighted by molar-refractivity contribution is -0.120. The van der Waals surface area contributed by atoms with E-state index in [0.717, 1.165) is 25.8 Å². The summed E-state index contributed by atoms with van der Waals surface area (Å²) in [7, 11) is 0. The molecule has 1 aromatic carbocycles. The molecule has 1 fully saturated rings. The lowest BCUT2D eigenvalue weighted by Crippen LogP contribution is -2.37. The zero-order chi connectivity index (χ0) is 14.4. The lowest BCUT2D eigenvalue weighted by atomic mass is 9.99. The SMILES string of the molecule is CCCOc1cc(F)ccc1NC(=O)C1CCCNC1.Cl. The van der Waals surface area contributed by atoms with E-state index in [0.29, 0.717) is 24.6 Å². The normalized spacial score (nSPS) is 17.7. The fourth-order valence-electron chi connectivity index (χ4n) is 2.24. The highest BCUT2D eigenvalue weighted by atomic mass is 35.5. The zero-order valence-electron chi connectivity index (χ0n) is 12.2. The van der Waals surface area contributed by atoms with Gasteiger partial charge in [0.15, 0.2) is 0 Å². The van der Waals surface area contributed by atoms with Gasteiger partial charge in [0.2, 0.25) is 5.91 Å². The number of benzene rings is 1. The van der Waals surface area contributed by atoms with Crippen LogP contribution in [0.3, 0.4) is 0 Å². The average Bonchev–Trinajstić information content (AvgIpc) is 2.48. The van der Waals surface area contributed by atoms with E-state index in [2.05, 4.69) is 10.6 Å². The van der Waals surface area contributed by atoms with Crippen molar-refractivity contribution < 1.29 is 13.9 Å². The molecule has 1 heterocycles. The molecule has 0 aliphatic carbocycles. The van der Waals surface area contributed by atoms with Gasteiger partial charge in [-0.15, -0.1) is 12.4 Å². The first-order valence-corrected chi connectivity index (χ1v) is 7.14. The summed E-state index contributed by atoms with van der Waals surface area (Å²) < 4.78 is 18.7. The number of anilines is 1. The molecule has 21 heavy (non-hydrogen) atoms. The van der Waals surface area contributed by atoms with E-state index in [9.17, 15) is 9.18 Å². The Kier molecular flexibility index (Phi) is 7.47. The molecule has 1 atom stereocenters. The van der Waals surface area contributed by atoms with Crippen LogP contribution in [-0.4, -0.2) is 25.6 Å². The van der Waals surface area contributed by atoms with Gasteiger partial charge in [0, 0.05) is 12.6 Å². The third-order valence-corrected chi connectivity index (χ3v) is 3.33. The second-order valence-corrected chi connectivity index (χ2v) is 5.02. The predicted octanol–water partition coefficient (Wildman–Crippen LogP) is 2.97. The van der Waals surface area contributed by atoms with Gasteiger partial charge in [-0.2, -0.15) is 0 Å². The van der Waals surface area contributed by atoms with Crippen LogP contribution in [0.1, 0.15) is 26.2 Å². The van der Waals surface area contributed by atoms with Crippen molar-refractivity contribution >= 4 is 24.0 Å². The van der Waals surface area contributed by atoms with E-state index >= 15 is 0 Å². The van der Waals surface area contributed by atoms with Gasteiger partial charge in [0.25, 0.3) is 0 Å². The van der Waals surface area contributed by atoms with Crippen LogP contribution >= 0.6 is 12.4 Å². The van der Waals surface area contributed by atoms with Crippen molar-refractivity contribution in [1.82, 2.24) is 5.32 Å². The fraction of sp³-hybridized carbons (Fsp3) is 0.533. The van der Waals surface area contributed by atoms with E-state index in [1.54, 1.807) is 6.07 Å². The third-order valence-electron chi connectivity index (χ3n) is 3.33. The summed E-state index contributed by atoms with van der Waals surface area (Å²) in [5.74, 6) is -0.0459. The molecule has 0 bridgehead atoms. The molecule has 0 spiro atoms. The molecule has 4 nitrogen and oxygen atoms in total. The summed E-state index contributed by atoms with van der Waals surface area (Å²) in [5.41, 5.74) is 0.537. The van der Waals surface area contributed by atoms with E-state index in [1.165, 1.54) is 12.1 Å². The monoisotopic (exact) mass is 316 g/mol. The van der Waals surface area contributed by atoms with Crippen LogP contribution in [0.25, 0.3) is 0 Å². The van der Waals surface area contributed by atoms with Gasteiger partial charge in [0.05, 0.1) is 18.2 Å². The minimum absolute atomic E-state index is 0. The Morgan fingerprint density at radius 1 is 1.52 bits per heavy atom. The standard InChI is InChI=1S/C15H21FN2O2.ClH/c1-2-8-20-14-9-12(16)5-6-13(14)18-15(19)11-4-3-7-17-10-11;/h5-6,9,11,17H,2-4,7-8,10H2,1H3,(H,18,19);1H.